The predicted molar refractivity (Wildman–Crippen MR) is 95.3 cm³/mol. The van der Waals surface area contributed by atoms with Gasteiger partial charge in [0.2, 0.25) is 0 Å². The first-order chi connectivity index (χ1) is 10.3. The van der Waals surface area contributed by atoms with E-state index in [1.54, 1.807) is 20.8 Å². The Bertz CT molecular complexity index is 507. The quantitative estimate of drug-likeness (QED) is 0.820. The lowest BCUT2D eigenvalue weighted by atomic mass is 9.83. The van der Waals surface area contributed by atoms with Crippen LogP contribution in [0.4, 0.5) is 4.79 Å². The van der Waals surface area contributed by atoms with Crippen molar-refractivity contribution in [1.29, 1.82) is 0 Å². The van der Waals surface area contributed by atoms with Crippen LogP contribution in [0.5, 0.6) is 0 Å². The Labute approximate surface area is 141 Å². The zero-order valence-electron chi connectivity index (χ0n) is 15.6. The molecule has 0 unspecified atom stereocenters. The minimum atomic E-state index is -3.29. The van der Waals surface area contributed by atoms with Gasteiger partial charge in [-0.3, -0.25) is 0 Å². The molecule has 1 aliphatic carbocycles. The van der Waals surface area contributed by atoms with Gasteiger partial charge in [0.25, 0.3) is 0 Å². The standard InChI is InChI=1S/C17H34N2O3S/c1-15(2,3)12-18-14(20)19-17(10-8-7-9-11-17)13-23(21,22)16(4,5)6/h7-13H2,1-6H3,(H2,18,19,20). The van der Waals surface area contributed by atoms with E-state index in [2.05, 4.69) is 10.6 Å². The lowest BCUT2D eigenvalue weighted by Crippen LogP contribution is -2.58. The lowest BCUT2D eigenvalue weighted by molar-refractivity contribution is 0.207. The normalized spacial score (nSPS) is 19.2. The molecule has 2 N–H and O–H groups in total. The van der Waals surface area contributed by atoms with Crippen LogP contribution in [0.2, 0.25) is 0 Å². The maximum atomic E-state index is 12.7. The molecule has 0 saturated heterocycles. The van der Waals surface area contributed by atoms with E-state index < -0.39 is 20.1 Å². The minimum absolute atomic E-state index is 0.00540. The molecule has 0 aromatic rings. The number of hydrogen-bond acceptors (Lipinski definition) is 3. The summed E-state index contributed by atoms with van der Waals surface area (Å²) in [5.74, 6) is 0.0203. The van der Waals surface area contributed by atoms with Crippen LogP contribution in [0.15, 0.2) is 0 Å². The van der Waals surface area contributed by atoms with Gasteiger partial charge in [0, 0.05) is 6.54 Å². The van der Waals surface area contributed by atoms with E-state index >= 15 is 0 Å². The van der Waals surface area contributed by atoms with Crippen molar-refractivity contribution < 1.29 is 13.2 Å². The van der Waals surface area contributed by atoms with E-state index in [1.807, 2.05) is 20.8 Å². The highest BCUT2D eigenvalue weighted by atomic mass is 32.2. The topological polar surface area (TPSA) is 75.3 Å². The Morgan fingerprint density at radius 1 is 1.00 bits per heavy atom. The van der Waals surface area contributed by atoms with Gasteiger partial charge in [-0.15, -0.1) is 0 Å². The van der Waals surface area contributed by atoms with Crippen molar-refractivity contribution in [2.24, 2.45) is 5.41 Å². The van der Waals surface area contributed by atoms with Gasteiger partial charge < -0.3 is 10.6 Å². The van der Waals surface area contributed by atoms with E-state index in [-0.39, 0.29) is 17.2 Å². The summed E-state index contributed by atoms with van der Waals surface area (Å²) in [7, 11) is -3.29. The van der Waals surface area contributed by atoms with Crippen molar-refractivity contribution in [3.63, 3.8) is 0 Å². The van der Waals surface area contributed by atoms with Crippen LogP contribution >= 0.6 is 0 Å². The fourth-order valence-corrected chi connectivity index (χ4v) is 4.27. The number of sulfone groups is 1. The molecule has 0 spiro atoms. The van der Waals surface area contributed by atoms with Crippen LogP contribution in [-0.4, -0.2) is 37.0 Å². The maximum absolute atomic E-state index is 12.7. The van der Waals surface area contributed by atoms with Gasteiger partial charge in [0.1, 0.15) is 0 Å². The highest BCUT2D eigenvalue weighted by Gasteiger charge is 2.42. The monoisotopic (exact) mass is 346 g/mol. The van der Waals surface area contributed by atoms with Crippen LogP contribution in [0.25, 0.3) is 0 Å². The molecule has 1 saturated carbocycles. The molecular formula is C17H34N2O3S. The first kappa shape index (κ1) is 20.3. The van der Waals surface area contributed by atoms with Crippen molar-refractivity contribution in [2.45, 2.75) is 83.9 Å². The molecule has 5 nitrogen and oxygen atoms in total. The lowest BCUT2D eigenvalue weighted by Gasteiger charge is -2.39. The van der Waals surface area contributed by atoms with Crippen molar-refractivity contribution in [3.05, 3.63) is 0 Å². The highest BCUT2D eigenvalue weighted by Crippen LogP contribution is 2.32. The van der Waals surface area contributed by atoms with Crippen molar-refractivity contribution in [1.82, 2.24) is 10.6 Å². The molecule has 23 heavy (non-hydrogen) atoms. The fourth-order valence-electron chi connectivity index (χ4n) is 2.74. The second-order valence-corrected chi connectivity index (χ2v) is 11.8. The Morgan fingerprint density at radius 2 is 1.52 bits per heavy atom. The van der Waals surface area contributed by atoms with Crippen LogP contribution in [0.1, 0.15) is 73.6 Å². The highest BCUT2D eigenvalue weighted by molar-refractivity contribution is 7.92. The molecule has 136 valence electrons. The maximum Gasteiger partial charge on any atom is 0.315 e. The molecule has 0 aliphatic heterocycles. The van der Waals surface area contributed by atoms with Gasteiger partial charge in [-0.25, -0.2) is 13.2 Å². The van der Waals surface area contributed by atoms with Crippen LogP contribution in [0.3, 0.4) is 0 Å². The van der Waals surface area contributed by atoms with Crippen LogP contribution < -0.4 is 10.6 Å². The van der Waals surface area contributed by atoms with Gasteiger partial charge in [-0.05, 0) is 39.0 Å². The third-order valence-corrected chi connectivity index (χ3v) is 7.17. The SMILES string of the molecule is CC(C)(C)CNC(=O)NC1(CS(=O)(=O)C(C)(C)C)CCCCC1. The van der Waals surface area contributed by atoms with Gasteiger partial charge in [-0.1, -0.05) is 40.0 Å². The summed E-state index contributed by atoms with van der Waals surface area (Å²) in [6.45, 7) is 11.9. The van der Waals surface area contributed by atoms with E-state index in [1.165, 1.54) is 0 Å². The van der Waals surface area contributed by atoms with E-state index in [0.29, 0.717) is 6.54 Å². The smallest absolute Gasteiger partial charge is 0.315 e. The van der Waals surface area contributed by atoms with Gasteiger partial charge in [0.05, 0.1) is 16.0 Å². The van der Waals surface area contributed by atoms with Gasteiger partial charge >= 0.3 is 6.03 Å². The Kier molecular flexibility index (Phi) is 6.16. The number of urea groups is 1. The van der Waals surface area contributed by atoms with Crippen LogP contribution in [0, 0.1) is 5.41 Å². The molecular weight excluding hydrogens is 312 g/mol. The second-order valence-electron chi connectivity index (χ2n) is 9.08. The average Bonchev–Trinajstić information content (AvgIpc) is 2.34. The molecule has 0 heterocycles. The summed E-state index contributed by atoms with van der Waals surface area (Å²) in [5, 5.41) is 5.88. The molecule has 2 amide bonds. The molecule has 0 aromatic heterocycles. The van der Waals surface area contributed by atoms with Crippen molar-refractivity contribution in [3.8, 4) is 0 Å². The Hall–Kier alpha value is -0.780. The number of amides is 2. The third kappa shape index (κ3) is 6.32. The molecule has 0 aromatic carbocycles. The fraction of sp³-hybridized carbons (Fsp3) is 0.941. The van der Waals surface area contributed by atoms with Crippen molar-refractivity contribution >= 4 is 15.9 Å². The second kappa shape index (κ2) is 6.99. The number of hydrogen-bond donors (Lipinski definition) is 2. The molecule has 1 aliphatic rings. The molecule has 1 rings (SSSR count). The zero-order chi connectivity index (χ0) is 17.9. The molecule has 0 radical (unpaired) electrons. The number of carbonyl (C=O) groups is 1. The van der Waals surface area contributed by atoms with E-state index in [0.717, 1.165) is 32.1 Å². The number of carbonyl (C=O) groups excluding carboxylic acids is 1. The molecule has 0 bridgehead atoms. The predicted octanol–water partition coefficient (Wildman–Crippen LogP) is 3.25. The summed E-state index contributed by atoms with van der Waals surface area (Å²) in [6, 6.07) is -0.258. The average molecular weight is 347 g/mol. The van der Waals surface area contributed by atoms with E-state index in [4.69, 9.17) is 0 Å². The zero-order valence-corrected chi connectivity index (χ0v) is 16.4. The van der Waals surface area contributed by atoms with Gasteiger partial charge in [0.15, 0.2) is 9.84 Å². The first-order valence-corrected chi connectivity index (χ1v) is 10.2. The van der Waals surface area contributed by atoms with Crippen LogP contribution in [-0.2, 0) is 9.84 Å². The molecule has 0 atom stereocenters. The number of nitrogens with one attached hydrogen (secondary N) is 2. The summed E-state index contributed by atoms with van der Waals surface area (Å²) < 4.78 is 24.5. The van der Waals surface area contributed by atoms with Crippen molar-refractivity contribution in [2.75, 3.05) is 12.3 Å². The van der Waals surface area contributed by atoms with E-state index in [9.17, 15) is 13.2 Å². The van der Waals surface area contributed by atoms with Gasteiger partial charge in [-0.2, -0.15) is 0 Å². The Morgan fingerprint density at radius 3 is 1.96 bits per heavy atom. The summed E-state index contributed by atoms with van der Waals surface area (Å²) >= 11 is 0. The largest absolute Gasteiger partial charge is 0.338 e. The Balaban J connectivity index is 2.85. The molecule has 1 fully saturated rings. The number of rotatable bonds is 4. The first-order valence-electron chi connectivity index (χ1n) is 8.55. The third-order valence-electron chi connectivity index (χ3n) is 4.37. The summed E-state index contributed by atoms with van der Waals surface area (Å²) in [6.07, 6.45) is 4.47. The summed E-state index contributed by atoms with van der Waals surface area (Å²) in [5.41, 5.74) is -0.638. The molecule has 6 heteroatoms. The summed E-state index contributed by atoms with van der Waals surface area (Å²) in [4.78, 5) is 12.3. The minimum Gasteiger partial charge on any atom is -0.338 e.